The van der Waals surface area contributed by atoms with Gasteiger partial charge in [0, 0.05) is 12.1 Å². The average Bonchev–Trinajstić information content (AvgIpc) is 3.36. The SMILES string of the molecule is CCCOc1ccc(C(O)=C2C(=O)C(=O)N(CCCN(CC)CC)C2c2ccc(C)o2)cc1. The third-order valence-electron chi connectivity index (χ3n) is 5.94. The molecule has 1 aromatic carbocycles. The largest absolute Gasteiger partial charge is 0.507 e. The first-order chi connectivity index (χ1) is 15.9. The molecule has 33 heavy (non-hydrogen) atoms. The Morgan fingerprint density at radius 2 is 1.79 bits per heavy atom. The normalized spacial score (nSPS) is 17.8. The number of aliphatic hydroxyl groups excluding tert-OH is 1. The van der Waals surface area contributed by atoms with Gasteiger partial charge in [0.05, 0.1) is 12.2 Å². The van der Waals surface area contributed by atoms with Gasteiger partial charge in [-0.2, -0.15) is 0 Å². The van der Waals surface area contributed by atoms with Crippen molar-refractivity contribution in [2.24, 2.45) is 0 Å². The summed E-state index contributed by atoms with van der Waals surface area (Å²) >= 11 is 0. The van der Waals surface area contributed by atoms with Crippen LogP contribution in [0.25, 0.3) is 5.76 Å². The van der Waals surface area contributed by atoms with Gasteiger partial charge in [-0.3, -0.25) is 9.59 Å². The summed E-state index contributed by atoms with van der Waals surface area (Å²) in [6.45, 7) is 11.7. The van der Waals surface area contributed by atoms with Crippen molar-refractivity contribution >= 4 is 17.4 Å². The van der Waals surface area contributed by atoms with Crippen LogP contribution in [0.5, 0.6) is 5.75 Å². The van der Waals surface area contributed by atoms with Gasteiger partial charge in [0.2, 0.25) is 0 Å². The van der Waals surface area contributed by atoms with Crippen molar-refractivity contribution in [1.29, 1.82) is 0 Å². The molecule has 3 rings (SSSR count). The maximum absolute atomic E-state index is 13.1. The first kappa shape index (κ1) is 24.6. The van der Waals surface area contributed by atoms with E-state index in [-0.39, 0.29) is 11.3 Å². The molecule has 1 unspecified atom stereocenters. The number of benzene rings is 1. The summed E-state index contributed by atoms with van der Waals surface area (Å²) in [5.74, 6) is 0.318. The number of rotatable bonds is 11. The van der Waals surface area contributed by atoms with Crippen LogP contribution in [0.2, 0.25) is 0 Å². The van der Waals surface area contributed by atoms with Crippen molar-refractivity contribution in [2.45, 2.75) is 46.6 Å². The van der Waals surface area contributed by atoms with E-state index in [1.807, 2.05) is 13.8 Å². The van der Waals surface area contributed by atoms with Crippen molar-refractivity contribution in [3.63, 3.8) is 0 Å². The summed E-state index contributed by atoms with van der Waals surface area (Å²) in [4.78, 5) is 29.8. The van der Waals surface area contributed by atoms with E-state index in [1.54, 1.807) is 36.4 Å². The Morgan fingerprint density at radius 1 is 1.09 bits per heavy atom. The predicted octanol–water partition coefficient (Wildman–Crippen LogP) is 4.53. The van der Waals surface area contributed by atoms with E-state index in [2.05, 4.69) is 18.7 Å². The van der Waals surface area contributed by atoms with Crippen LogP contribution in [0.4, 0.5) is 0 Å². The Hall–Kier alpha value is -3.06. The zero-order valence-corrected chi connectivity index (χ0v) is 20.0. The van der Waals surface area contributed by atoms with Gasteiger partial charge in [-0.25, -0.2) is 0 Å². The Bertz CT molecular complexity index is 988. The molecule has 1 atom stereocenters. The van der Waals surface area contributed by atoms with E-state index in [9.17, 15) is 14.7 Å². The van der Waals surface area contributed by atoms with Crippen molar-refractivity contribution in [3.05, 3.63) is 59.1 Å². The molecular weight excluding hydrogens is 420 g/mol. The van der Waals surface area contributed by atoms with E-state index >= 15 is 0 Å². The zero-order valence-electron chi connectivity index (χ0n) is 20.0. The second kappa shape index (κ2) is 11.2. The average molecular weight is 455 g/mol. The summed E-state index contributed by atoms with van der Waals surface area (Å²) in [5.41, 5.74) is 0.507. The number of Topliss-reactive ketones (excluding diaryl/α,β-unsaturated/α-hetero) is 1. The molecule has 0 saturated carbocycles. The molecule has 1 fully saturated rings. The maximum atomic E-state index is 13.1. The van der Waals surface area contributed by atoms with Crippen LogP contribution >= 0.6 is 0 Å². The Morgan fingerprint density at radius 3 is 2.36 bits per heavy atom. The van der Waals surface area contributed by atoms with Crippen LogP contribution in [-0.2, 0) is 9.59 Å². The highest BCUT2D eigenvalue weighted by Crippen LogP contribution is 2.40. The molecule has 0 spiro atoms. The molecule has 1 amide bonds. The topological polar surface area (TPSA) is 83.2 Å². The number of hydrogen-bond donors (Lipinski definition) is 1. The quantitative estimate of drug-likeness (QED) is 0.305. The molecule has 0 aliphatic carbocycles. The number of aryl methyl sites for hydroxylation is 1. The lowest BCUT2D eigenvalue weighted by Gasteiger charge is -2.25. The summed E-state index contributed by atoms with van der Waals surface area (Å²) in [6, 6.07) is 9.68. The van der Waals surface area contributed by atoms with Crippen LogP contribution in [0, 0.1) is 6.92 Å². The fraction of sp³-hybridized carbons (Fsp3) is 0.462. The van der Waals surface area contributed by atoms with Gasteiger partial charge >= 0.3 is 0 Å². The summed E-state index contributed by atoms with van der Waals surface area (Å²) in [6.07, 6.45) is 1.61. The molecule has 1 N–H and O–H groups in total. The Kier molecular flexibility index (Phi) is 8.33. The molecule has 1 aliphatic heterocycles. The van der Waals surface area contributed by atoms with Crippen LogP contribution in [0.1, 0.15) is 56.7 Å². The van der Waals surface area contributed by atoms with Crippen LogP contribution in [-0.4, -0.2) is 59.4 Å². The summed E-state index contributed by atoms with van der Waals surface area (Å²) in [7, 11) is 0. The summed E-state index contributed by atoms with van der Waals surface area (Å²) in [5, 5.41) is 11.1. The second-order valence-corrected chi connectivity index (χ2v) is 8.19. The molecule has 1 saturated heterocycles. The van der Waals surface area contributed by atoms with Gasteiger partial charge in [0.15, 0.2) is 0 Å². The molecule has 0 bridgehead atoms. The molecule has 178 valence electrons. The van der Waals surface area contributed by atoms with Gasteiger partial charge in [-0.15, -0.1) is 0 Å². The Labute approximate surface area is 195 Å². The number of hydrogen-bond acceptors (Lipinski definition) is 6. The van der Waals surface area contributed by atoms with Gasteiger partial charge in [0.25, 0.3) is 11.7 Å². The molecule has 1 aliphatic rings. The highest BCUT2D eigenvalue weighted by molar-refractivity contribution is 6.46. The molecule has 7 nitrogen and oxygen atoms in total. The molecule has 2 heterocycles. The highest BCUT2D eigenvalue weighted by atomic mass is 16.5. The minimum atomic E-state index is -0.758. The van der Waals surface area contributed by atoms with Gasteiger partial charge in [-0.1, -0.05) is 20.8 Å². The minimum Gasteiger partial charge on any atom is -0.507 e. The standard InChI is InChI=1S/C26H34N2O5/c1-5-17-32-20-12-10-19(11-13-20)24(29)22-23(21-14-9-18(4)33-21)28(26(31)25(22)30)16-8-15-27(6-2)7-3/h9-14,23,29H,5-8,15-17H2,1-4H3. The fourth-order valence-corrected chi connectivity index (χ4v) is 4.10. The number of nitrogens with zero attached hydrogens (tertiary/aromatic N) is 2. The van der Waals surface area contributed by atoms with Gasteiger partial charge in [-0.05, 0) is 75.8 Å². The monoisotopic (exact) mass is 454 g/mol. The highest BCUT2D eigenvalue weighted by Gasteiger charge is 2.47. The number of ketones is 1. The van der Waals surface area contributed by atoms with Gasteiger partial charge in [0.1, 0.15) is 29.1 Å². The van der Waals surface area contributed by atoms with Crippen LogP contribution < -0.4 is 4.74 Å². The summed E-state index contributed by atoms with van der Waals surface area (Å²) < 4.78 is 11.4. The number of furan rings is 1. The fourth-order valence-electron chi connectivity index (χ4n) is 4.10. The second-order valence-electron chi connectivity index (χ2n) is 8.19. The number of aliphatic hydroxyl groups is 1. The molecule has 1 aromatic heterocycles. The van der Waals surface area contributed by atoms with Crippen LogP contribution in [0.3, 0.4) is 0 Å². The van der Waals surface area contributed by atoms with Crippen molar-refractivity contribution in [1.82, 2.24) is 9.80 Å². The first-order valence-electron chi connectivity index (χ1n) is 11.7. The number of amides is 1. The number of carbonyl (C=O) groups excluding carboxylic acids is 2. The smallest absolute Gasteiger partial charge is 0.295 e. The lowest BCUT2D eigenvalue weighted by Crippen LogP contribution is -2.33. The van der Waals surface area contributed by atoms with Crippen molar-refractivity contribution in [2.75, 3.05) is 32.8 Å². The molecular formula is C26H34N2O5. The first-order valence-corrected chi connectivity index (χ1v) is 11.7. The predicted molar refractivity (Wildman–Crippen MR) is 127 cm³/mol. The van der Waals surface area contributed by atoms with Gasteiger partial charge < -0.3 is 24.1 Å². The minimum absolute atomic E-state index is 0.0550. The van der Waals surface area contributed by atoms with Crippen LogP contribution in [0.15, 0.2) is 46.4 Å². The van der Waals surface area contributed by atoms with E-state index in [0.29, 0.717) is 42.4 Å². The number of likely N-dealkylation sites (tertiary alicyclic amines) is 1. The van der Waals surface area contributed by atoms with E-state index in [1.165, 1.54) is 4.90 Å². The van der Waals surface area contributed by atoms with E-state index < -0.39 is 17.7 Å². The van der Waals surface area contributed by atoms with Crippen molar-refractivity contribution in [3.8, 4) is 5.75 Å². The third kappa shape index (κ3) is 5.47. The third-order valence-corrected chi connectivity index (χ3v) is 5.94. The molecule has 7 heteroatoms. The zero-order chi connectivity index (χ0) is 24.0. The molecule has 0 radical (unpaired) electrons. The van der Waals surface area contributed by atoms with E-state index in [0.717, 1.165) is 26.1 Å². The Balaban J connectivity index is 1.94. The lowest BCUT2D eigenvalue weighted by atomic mass is 9.99. The maximum Gasteiger partial charge on any atom is 0.295 e. The van der Waals surface area contributed by atoms with E-state index in [4.69, 9.17) is 9.15 Å². The lowest BCUT2D eigenvalue weighted by molar-refractivity contribution is -0.140. The number of ether oxygens (including phenoxy) is 1. The van der Waals surface area contributed by atoms with Crippen molar-refractivity contribution < 1.29 is 23.8 Å². The number of carbonyl (C=O) groups is 2. The molecule has 2 aromatic rings.